The Morgan fingerprint density at radius 3 is 2.62 bits per heavy atom. The van der Waals surface area contributed by atoms with E-state index < -0.39 is 17.7 Å². The largest absolute Gasteiger partial charge is 0.460 e. The highest BCUT2D eigenvalue weighted by molar-refractivity contribution is 6.38. The monoisotopic (exact) mass is 226 g/mol. The molecule has 4 heteroatoms. The number of rotatable bonds is 3. The van der Waals surface area contributed by atoms with Crippen LogP contribution >= 0.6 is 0 Å². The Morgan fingerprint density at radius 1 is 1.25 bits per heavy atom. The Labute approximate surface area is 95.3 Å². The lowest BCUT2D eigenvalue weighted by molar-refractivity contribution is -0.157. The lowest BCUT2D eigenvalue weighted by atomic mass is 9.87. The first-order valence-corrected chi connectivity index (χ1v) is 5.90. The van der Waals surface area contributed by atoms with Crippen molar-refractivity contribution >= 4 is 17.5 Å². The summed E-state index contributed by atoms with van der Waals surface area (Å²) in [4.78, 5) is 34.6. The number of ether oxygens (including phenoxy) is 1. The number of carbonyl (C=O) groups excluding carboxylic acids is 3. The fourth-order valence-electron chi connectivity index (χ4n) is 1.96. The van der Waals surface area contributed by atoms with Crippen LogP contribution in [0.4, 0.5) is 0 Å². The zero-order chi connectivity index (χ0) is 12.0. The minimum absolute atomic E-state index is 0.0993. The fraction of sp³-hybridized carbons (Fsp3) is 0.750. The van der Waals surface area contributed by atoms with E-state index in [4.69, 9.17) is 0 Å². The van der Waals surface area contributed by atoms with E-state index in [9.17, 15) is 14.4 Å². The second-order valence-corrected chi connectivity index (χ2v) is 4.06. The summed E-state index contributed by atoms with van der Waals surface area (Å²) in [5.74, 6) is -2.37. The topological polar surface area (TPSA) is 60.4 Å². The normalized spacial score (nSPS) is 22.1. The molecule has 0 aromatic heterocycles. The molecule has 0 N–H and O–H groups in total. The molecule has 1 atom stereocenters. The maximum absolute atomic E-state index is 11.7. The van der Waals surface area contributed by atoms with Crippen LogP contribution in [0.2, 0.25) is 0 Å². The third kappa shape index (κ3) is 3.43. The summed E-state index contributed by atoms with van der Waals surface area (Å²) in [5, 5.41) is 0. The van der Waals surface area contributed by atoms with Crippen molar-refractivity contribution in [3.63, 3.8) is 0 Å². The van der Waals surface area contributed by atoms with E-state index in [1.165, 1.54) is 0 Å². The predicted octanol–water partition coefficient (Wildman–Crippen LogP) is 1.66. The summed E-state index contributed by atoms with van der Waals surface area (Å²) in [6.07, 6.45) is 4.63. The molecule has 90 valence electrons. The molecule has 0 radical (unpaired) electrons. The van der Waals surface area contributed by atoms with Crippen molar-refractivity contribution in [2.45, 2.75) is 45.4 Å². The van der Waals surface area contributed by atoms with Gasteiger partial charge in [-0.25, -0.2) is 4.79 Å². The van der Waals surface area contributed by atoms with Crippen molar-refractivity contribution in [2.75, 3.05) is 6.61 Å². The molecule has 0 aromatic rings. The van der Waals surface area contributed by atoms with Gasteiger partial charge in [0.15, 0.2) is 0 Å². The van der Waals surface area contributed by atoms with Gasteiger partial charge in [-0.3, -0.25) is 9.59 Å². The van der Waals surface area contributed by atoms with Gasteiger partial charge in [0.25, 0.3) is 0 Å². The minimum Gasteiger partial charge on any atom is -0.460 e. The summed E-state index contributed by atoms with van der Waals surface area (Å²) < 4.78 is 4.64. The summed E-state index contributed by atoms with van der Waals surface area (Å²) in [6.45, 7) is 1.82. The molecule has 0 aliphatic heterocycles. The molecule has 16 heavy (non-hydrogen) atoms. The van der Waals surface area contributed by atoms with Crippen LogP contribution in [0.3, 0.4) is 0 Å². The molecule has 4 nitrogen and oxygen atoms in total. The molecule has 1 saturated carbocycles. The molecule has 1 fully saturated rings. The van der Waals surface area contributed by atoms with Crippen molar-refractivity contribution < 1.29 is 19.1 Å². The Morgan fingerprint density at radius 2 is 1.94 bits per heavy atom. The fourth-order valence-corrected chi connectivity index (χ4v) is 1.96. The van der Waals surface area contributed by atoms with Gasteiger partial charge in [-0.1, -0.05) is 19.3 Å². The highest BCUT2D eigenvalue weighted by Gasteiger charge is 2.32. The first kappa shape index (κ1) is 12.9. The smallest absolute Gasteiger partial charge is 0.375 e. The molecular formula is C12H18O4. The Hall–Kier alpha value is -1.19. The number of hydrogen-bond donors (Lipinski definition) is 0. The molecule has 1 rings (SSSR count). The van der Waals surface area contributed by atoms with Crippen LogP contribution in [0.25, 0.3) is 0 Å². The third-order valence-corrected chi connectivity index (χ3v) is 2.85. The lowest BCUT2D eigenvalue weighted by Gasteiger charge is -2.16. The maximum atomic E-state index is 11.7. The van der Waals surface area contributed by atoms with E-state index in [2.05, 4.69) is 4.74 Å². The molecule has 0 saturated heterocycles. The summed E-state index contributed by atoms with van der Waals surface area (Å²) >= 11 is 0. The molecule has 0 bridgehead atoms. The van der Waals surface area contributed by atoms with Crippen molar-refractivity contribution in [1.29, 1.82) is 0 Å². The van der Waals surface area contributed by atoms with Crippen LogP contribution < -0.4 is 0 Å². The van der Waals surface area contributed by atoms with Crippen molar-refractivity contribution in [3.05, 3.63) is 0 Å². The van der Waals surface area contributed by atoms with Gasteiger partial charge in [0.05, 0.1) is 12.5 Å². The first-order chi connectivity index (χ1) is 7.66. The Kier molecular flexibility index (Phi) is 5.15. The van der Waals surface area contributed by atoms with Gasteiger partial charge >= 0.3 is 5.97 Å². The Bertz CT molecular complexity index is 283. The van der Waals surface area contributed by atoms with E-state index >= 15 is 0 Å². The number of ketones is 2. The van der Waals surface area contributed by atoms with E-state index in [0.29, 0.717) is 12.8 Å². The maximum Gasteiger partial charge on any atom is 0.375 e. The molecule has 0 aromatic carbocycles. The highest BCUT2D eigenvalue weighted by Crippen LogP contribution is 2.20. The van der Waals surface area contributed by atoms with Gasteiger partial charge < -0.3 is 4.74 Å². The van der Waals surface area contributed by atoms with Crippen LogP contribution in [0, 0.1) is 5.92 Å². The van der Waals surface area contributed by atoms with Gasteiger partial charge in [0.2, 0.25) is 5.78 Å². The van der Waals surface area contributed by atoms with Crippen molar-refractivity contribution in [1.82, 2.24) is 0 Å². The van der Waals surface area contributed by atoms with Crippen LogP contribution in [-0.2, 0) is 19.1 Å². The van der Waals surface area contributed by atoms with E-state index in [1.807, 2.05) is 0 Å². The average molecular weight is 226 g/mol. The molecule has 1 aliphatic rings. The van der Waals surface area contributed by atoms with E-state index in [0.717, 1.165) is 25.7 Å². The number of carbonyl (C=O) groups is 3. The van der Waals surface area contributed by atoms with Gasteiger partial charge in [-0.2, -0.15) is 0 Å². The summed E-state index contributed by atoms with van der Waals surface area (Å²) in [7, 11) is 0. The lowest BCUT2D eigenvalue weighted by Crippen LogP contribution is -2.32. The van der Waals surface area contributed by atoms with Crippen LogP contribution in [0.15, 0.2) is 0 Å². The number of hydrogen-bond acceptors (Lipinski definition) is 4. The zero-order valence-corrected chi connectivity index (χ0v) is 9.66. The standard InChI is InChI=1S/C12H18O4/c1-2-16-12(15)11(14)9-7-5-3-4-6-8-10(9)13/h9H,2-8H2,1H3. The van der Waals surface area contributed by atoms with Crippen LogP contribution in [0.5, 0.6) is 0 Å². The number of esters is 1. The van der Waals surface area contributed by atoms with E-state index in [1.54, 1.807) is 6.92 Å². The van der Waals surface area contributed by atoms with Gasteiger partial charge in [-0.05, 0) is 19.8 Å². The first-order valence-electron chi connectivity index (χ1n) is 5.90. The second-order valence-electron chi connectivity index (χ2n) is 4.06. The van der Waals surface area contributed by atoms with Crippen molar-refractivity contribution in [3.8, 4) is 0 Å². The molecule has 0 heterocycles. The van der Waals surface area contributed by atoms with Gasteiger partial charge in [0, 0.05) is 6.42 Å². The summed E-state index contributed by atoms with van der Waals surface area (Å²) in [5.41, 5.74) is 0. The van der Waals surface area contributed by atoms with Crippen LogP contribution in [-0.4, -0.2) is 24.1 Å². The molecular weight excluding hydrogens is 208 g/mol. The molecule has 1 unspecified atom stereocenters. The second kappa shape index (κ2) is 6.40. The molecule has 1 aliphatic carbocycles. The average Bonchev–Trinajstić information content (AvgIpc) is 2.24. The SMILES string of the molecule is CCOC(=O)C(=O)C1CCCCCCC1=O. The number of Topliss-reactive ketones (excluding diaryl/α,β-unsaturated/α-hetero) is 2. The summed E-state index contributed by atoms with van der Waals surface area (Å²) in [6, 6.07) is 0. The Balaban J connectivity index is 2.63. The molecule has 0 spiro atoms. The third-order valence-electron chi connectivity index (χ3n) is 2.85. The van der Waals surface area contributed by atoms with Gasteiger partial charge in [0.1, 0.15) is 5.78 Å². The van der Waals surface area contributed by atoms with Crippen molar-refractivity contribution in [2.24, 2.45) is 5.92 Å². The molecule has 0 amide bonds. The zero-order valence-electron chi connectivity index (χ0n) is 9.66. The minimum atomic E-state index is -0.860. The highest BCUT2D eigenvalue weighted by atomic mass is 16.5. The van der Waals surface area contributed by atoms with E-state index in [-0.39, 0.29) is 12.4 Å². The van der Waals surface area contributed by atoms with Crippen LogP contribution in [0.1, 0.15) is 45.4 Å². The predicted molar refractivity (Wildman–Crippen MR) is 57.8 cm³/mol. The quantitative estimate of drug-likeness (QED) is 0.417. The van der Waals surface area contributed by atoms with Gasteiger partial charge in [-0.15, -0.1) is 0 Å².